The van der Waals surface area contributed by atoms with Crippen LogP contribution in [0.2, 0.25) is 10.4 Å². The highest BCUT2D eigenvalue weighted by Crippen LogP contribution is 2.08. The molecule has 1 heterocycles. The molecule has 0 aliphatic rings. The smallest absolute Gasteiger partial charge is 0.203 e. The van der Waals surface area contributed by atoms with E-state index >= 15 is 0 Å². The molecule has 0 saturated heterocycles. The van der Waals surface area contributed by atoms with Crippen molar-refractivity contribution in [2.45, 2.75) is 6.92 Å². The molecule has 1 aromatic rings. The molecule has 0 aliphatic carbocycles. The summed E-state index contributed by atoms with van der Waals surface area (Å²) in [6, 6.07) is 0. The van der Waals surface area contributed by atoms with Gasteiger partial charge in [-0.15, -0.1) is 10.2 Å². The number of hydrogen-bond acceptors (Lipinski definition) is 3. The van der Waals surface area contributed by atoms with E-state index in [1.165, 1.54) is 0 Å². The molecule has 1 aromatic heterocycles. The minimum absolute atomic E-state index is 0.0746. The lowest BCUT2D eigenvalue weighted by Gasteiger charge is -1.91. The summed E-state index contributed by atoms with van der Waals surface area (Å²) >= 11 is 10.9. The van der Waals surface area contributed by atoms with Crippen LogP contribution in [0.1, 0.15) is 5.69 Å². The molecule has 0 radical (unpaired) electrons. The zero-order valence-electron chi connectivity index (χ0n) is 4.60. The minimum atomic E-state index is 0.0746. The Hall–Kier alpha value is -0.410. The van der Waals surface area contributed by atoms with Crippen LogP contribution in [-0.2, 0) is 0 Å². The third-order valence-corrected chi connectivity index (χ3v) is 1.29. The van der Waals surface area contributed by atoms with E-state index in [4.69, 9.17) is 23.2 Å². The summed E-state index contributed by atoms with van der Waals surface area (Å²) < 4.78 is 0. The lowest BCUT2D eigenvalue weighted by atomic mass is 10.5. The van der Waals surface area contributed by atoms with Crippen molar-refractivity contribution < 1.29 is 0 Å². The maximum Gasteiger partial charge on any atom is 0.244 e. The van der Waals surface area contributed by atoms with E-state index in [0.29, 0.717) is 10.8 Å². The van der Waals surface area contributed by atoms with Gasteiger partial charge in [-0.25, -0.2) is 4.98 Å². The van der Waals surface area contributed by atoms with Gasteiger partial charge in [-0.05, 0) is 18.5 Å². The van der Waals surface area contributed by atoms with E-state index in [-0.39, 0.29) is 5.28 Å². The first-order chi connectivity index (χ1) is 4.20. The summed E-state index contributed by atoms with van der Waals surface area (Å²) in [5, 5.41) is 7.44. The fourth-order valence-corrected chi connectivity index (χ4v) is 0.625. The monoisotopic (exact) mass is 163 g/mol. The van der Waals surface area contributed by atoms with Crippen molar-refractivity contribution in [3.63, 3.8) is 0 Å². The predicted octanol–water partition coefficient (Wildman–Crippen LogP) is 1.49. The molecule has 0 bridgehead atoms. The Morgan fingerprint density at radius 1 is 1.22 bits per heavy atom. The normalized spacial score (nSPS) is 9.67. The van der Waals surface area contributed by atoms with Crippen LogP contribution >= 0.6 is 23.2 Å². The van der Waals surface area contributed by atoms with Crippen molar-refractivity contribution in [3.05, 3.63) is 16.1 Å². The summed E-state index contributed by atoms with van der Waals surface area (Å²) in [4.78, 5) is 3.63. The molecule has 5 heteroatoms. The first-order valence-electron chi connectivity index (χ1n) is 2.22. The van der Waals surface area contributed by atoms with Crippen LogP contribution < -0.4 is 0 Å². The molecule has 1 rings (SSSR count). The summed E-state index contributed by atoms with van der Waals surface area (Å²) in [6.07, 6.45) is 0. The molecule has 48 valence electrons. The molecule has 0 atom stereocenters. The number of aromatic nitrogens is 3. The molecule has 0 aromatic carbocycles. The van der Waals surface area contributed by atoms with Gasteiger partial charge >= 0.3 is 0 Å². The predicted molar refractivity (Wildman–Crippen MR) is 34.6 cm³/mol. The highest BCUT2D eigenvalue weighted by molar-refractivity contribution is 6.31. The molecule has 3 nitrogen and oxygen atoms in total. The molecule has 9 heavy (non-hydrogen) atoms. The van der Waals surface area contributed by atoms with Crippen LogP contribution in [0.4, 0.5) is 0 Å². The molecular formula is C4H3Cl2N3. The Kier molecular flexibility index (Phi) is 1.83. The third kappa shape index (κ3) is 1.50. The largest absolute Gasteiger partial charge is 0.244 e. The van der Waals surface area contributed by atoms with E-state index in [9.17, 15) is 0 Å². The zero-order chi connectivity index (χ0) is 6.85. The van der Waals surface area contributed by atoms with E-state index < -0.39 is 0 Å². The van der Waals surface area contributed by atoms with Gasteiger partial charge in [0.15, 0.2) is 5.15 Å². The lowest BCUT2D eigenvalue weighted by molar-refractivity contribution is 0.927. The molecule has 0 N–H and O–H groups in total. The maximum absolute atomic E-state index is 5.52. The molecule has 0 fully saturated rings. The highest BCUT2D eigenvalue weighted by Gasteiger charge is 1.97. The molecular weight excluding hydrogens is 161 g/mol. The van der Waals surface area contributed by atoms with Crippen LogP contribution in [0, 0.1) is 6.92 Å². The maximum atomic E-state index is 5.52. The Morgan fingerprint density at radius 3 is 2.33 bits per heavy atom. The van der Waals surface area contributed by atoms with Gasteiger partial charge in [-0.3, -0.25) is 0 Å². The summed E-state index contributed by atoms with van der Waals surface area (Å²) in [5.41, 5.74) is 0.584. The fourth-order valence-electron chi connectivity index (χ4n) is 0.342. The van der Waals surface area contributed by atoms with Crippen molar-refractivity contribution in [2.75, 3.05) is 0 Å². The Bertz CT molecular complexity index is 225. The summed E-state index contributed by atoms with van der Waals surface area (Å²) in [5.74, 6) is 0. The van der Waals surface area contributed by atoms with E-state index in [1.54, 1.807) is 6.92 Å². The average molecular weight is 164 g/mol. The number of rotatable bonds is 0. The van der Waals surface area contributed by atoms with Crippen molar-refractivity contribution in [3.8, 4) is 0 Å². The van der Waals surface area contributed by atoms with Gasteiger partial charge in [-0.2, -0.15) is 0 Å². The Balaban J connectivity index is 3.17. The Labute approximate surface area is 62.0 Å². The summed E-state index contributed by atoms with van der Waals surface area (Å²) in [6.45, 7) is 1.71. The number of halogens is 2. The average Bonchev–Trinajstić information content (AvgIpc) is 1.80. The molecule has 0 amide bonds. The highest BCUT2D eigenvalue weighted by atomic mass is 35.5. The van der Waals surface area contributed by atoms with Gasteiger partial charge in [0.1, 0.15) is 0 Å². The second kappa shape index (κ2) is 2.45. The SMILES string of the molecule is Cc1nnc(Cl)nc1Cl. The first kappa shape index (κ1) is 6.71. The first-order valence-corrected chi connectivity index (χ1v) is 2.98. The Morgan fingerprint density at radius 2 is 1.89 bits per heavy atom. The quantitative estimate of drug-likeness (QED) is 0.582. The van der Waals surface area contributed by atoms with E-state index in [0.717, 1.165) is 0 Å². The van der Waals surface area contributed by atoms with Crippen molar-refractivity contribution in [1.29, 1.82) is 0 Å². The van der Waals surface area contributed by atoms with E-state index in [1.807, 2.05) is 0 Å². The molecule has 0 unspecified atom stereocenters. The topological polar surface area (TPSA) is 38.7 Å². The standard InChI is InChI=1S/C4H3Cl2N3/c1-2-3(5)7-4(6)9-8-2/h1H3. The van der Waals surface area contributed by atoms with E-state index in [2.05, 4.69) is 15.2 Å². The molecule has 0 spiro atoms. The number of aryl methyl sites for hydroxylation is 1. The van der Waals surface area contributed by atoms with Gasteiger partial charge in [0.05, 0.1) is 5.69 Å². The number of nitrogens with zero attached hydrogens (tertiary/aromatic N) is 3. The fraction of sp³-hybridized carbons (Fsp3) is 0.250. The van der Waals surface area contributed by atoms with Crippen molar-refractivity contribution >= 4 is 23.2 Å². The van der Waals surface area contributed by atoms with Crippen LogP contribution in [0.15, 0.2) is 0 Å². The van der Waals surface area contributed by atoms with Crippen LogP contribution in [0.25, 0.3) is 0 Å². The van der Waals surface area contributed by atoms with Crippen LogP contribution in [-0.4, -0.2) is 15.2 Å². The van der Waals surface area contributed by atoms with Crippen LogP contribution in [0.5, 0.6) is 0 Å². The van der Waals surface area contributed by atoms with Crippen molar-refractivity contribution in [2.24, 2.45) is 0 Å². The second-order valence-electron chi connectivity index (χ2n) is 1.46. The summed E-state index contributed by atoms with van der Waals surface area (Å²) in [7, 11) is 0. The second-order valence-corrected chi connectivity index (χ2v) is 2.15. The van der Waals surface area contributed by atoms with Gasteiger partial charge < -0.3 is 0 Å². The molecule has 0 aliphatic heterocycles. The van der Waals surface area contributed by atoms with Crippen molar-refractivity contribution in [1.82, 2.24) is 15.2 Å². The molecule has 0 saturated carbocycles. The van der Waals surface area contributed by atoms with Gasteiger partial charge in [0, 0.05) is 0 Å². The lowest BCUT2D eigenvalue weighted by Crippen LogP contribution is -1.91. The third-order valence-electron chi connectivity index (χ3n) is 0.771. The van der Waals surface area contributed by atoms with Gasteiger partial charge in [0.25, 0.3) is 0 Å². The van der Waals surface area contributed by atoms with Gasteiger partial charge in [0.2, 0.25) is 5.28 Å². The van der Waals surface area contributed by atoms with Gasteiger partial charge in [-0.1, -0.05) is 11.6 Å². The zero-order valence-corrected chi connectivity index (χ0v) is 6.11. The number of hydrogen-bond donors (Lipinski definition) is 0. The minimum Gasteiger partial charge on any atom is -0.203 e. The van der Waals surface area contributed by atoms with Crippen LogP contribution in [0.3, 0.4) is 0 Å².